The van der Waals surface area contributed by atoms with E-state index in [0.29, 0.717) is 24.2 Å². The quantitative estimate of drug-likeness (QED) is 0.561. The Labute approximate surface area is 184 Å². The zero-order valence-electron chi connectivity index (χ0n) is 16.6. The summed E-state index contributed by atoms with van der Waals surface area (Å²) in [7, 11) is -3.65. The first-order chi connectivity index (χ1) is 14.2. The summed E-state index contributed by atoms with van der Waals surface area (Å²) in [6.45, 7) is 4.33. The Morgan fingerprint density at radius 1 is 0.967 bits per heavy atom. The lowest BCUT2D eigenvalue weighted by Gasteiger charge is -2.20. The number of fused-ring (bicyclic) bond motifs is 1. The molecule has 30 heavy (non-hydrogen) atoms. The number of benzene rings is 3. The predicted molar refractivity (Wildman–Crippen MR) is 123 cm³/mol. The summed E-state index contributed by atoms with van der Waals surface area (Å²) in [5.41, 5.74) is 4.89. The molecule has 0 unspecified atom stereocenters. The van der Waals surface area contributed by atoms with Gasteiger partial charge in [0.25, 0.3) is 15.9 Å². The molecule has 1 amide bonds. The summed E-state index contributed by atoms with van der Waals surface area (Å²) in [4.78, 5) is 13.0. The standard InChI is InChI=1S/C23H21BrN2O3S/c1-15-11-16(2)13-20(12-15)25-23(27)18-3-8-22-17(14-18)9-10-26(22)30(28,29)21-6-4-19(24)5-7-21/h3-8,11-14H,9-10H2,1-2H3,(H,25,27). The number of hydrogen-bond donors (Lipinski definition) is 1. The van der Waals surface area contributed by atoms with Crippen LogP contribution >= 0.6 is 15.9 Å². The Hall–Kier alpha value is -2.64. The molecule has 3 aromatic carbocycles. The number of carbonyl (C=O) groups is 1. The largest absolute Gasteiger partial charge is 0.322 e. The van der Waals surface area contributed by atoms with Crippen LogP contribution in [0.15, 0.2) is 70.0 Å². The van der Waals surface area contributed by atoms with Crippen LogP contribution < -0.4 is 9.62 Å². The van der Waals surface area contributed by atoms with Gasteiger partial charge in [-0.05, 0) is 91.6 Å². The molecule has 1 N–H and O–H groups in total. The van der Waals surface area contributed by atoms with E-state index in [1.807, 2.05) is 32.0 Å². The SMILES string of the molecule is Cc1cc(C)cc(NC(=O)c2ccc3c(c2)CCN3S(=O)(=O)c2ccc(Br)cc2)c1. The third-order valence-corrected chi connectivity index (χ3v) is 7.43. The van der Waals surface area contributed by atoms with Crippen LogP contribution in [0, 0.1) is 13.8 Å². The molecule has 1 heterocycles. The summed E-state index contributed by atoms with van der Waals surface area (Å²) in [5.74, 6) is -0.211. The molecule has 154 valence electrons. The second-order valence-corrected chi connectivity index (χ2v) is 10.2. The van der Waals surface area contributed by atoms with E-state index in [-0.39, 0.29) is 10.8 Å². The van der Waals surface area contributed by atoms with Gasteiger partial charge < -0.3 is 5.32 Å². The number of sulfonamides is 1. The molecule has 0 spiro atoms. The van der Waals surface area contributed by atoms with Crippen LogP contribution in [0.4, 0.5) is 11.4 Å². The van der Waals surface area contributed by atoms with Crippen molar-refractivity contribution in [1.82, 2.24) is 0 Å². The van der Waals surface area contributed by atoms with Crippen LogP contribution in [-0.2, 0) is 16.4 Å². The smallest absolute Gasteiger partial charge is 0.264 e. The Morgan fingerprint density at radius 2 is 1.63 bits per heavy atom. The molecule has 0 fully saturated rings. The Bertz CT molecular complexity index is 1220. The fraction of sp³-hybridized carbons (Fsp3) is 0.174. The maximum atomic E-state index is 13.1. The average molecular weight is 485 g/mol. The van der Waals surface area contributed by atoms with Crippen LogP contribution in [0.25, 0.3) is 0 Å². The number of nitrogens with zero attached hydrogens (tertiary/aromatic N) is 1. The molecule has 1 aliphatic heterocycles. The molecule has 4 rings (SSSR count). The molecule has 1 aliphatic rings. The van der Waals surface area contributed by atoms with Crippen LogP contribution in [0.5, 0.6) is 0 Å². The van der Waals surface area contributed by atoms with Crippen molar-refractivity contribution < 1.29 is 13.2 Å². The Balaban J connectivity index is 1.59. The van der Waals surface area contributed by atoms with Gasteiger partial charge >= 0.3 is 0 Å². The van der Waals surface area contributed by atoms with Gasteiger partial charge in [-0.2, -0.15) is 0 Å². The summed E-state index contributed by atoms with van der Waals surface area (Å²) in [6, 6.07) is 17.7. The molecule has 0 aromatic heterocycles. The molecule has 0 aliphatic carbocycles. The van der Waals surface area contributed by atoms with Gasteiger partial charge in [0.2, 0.25) is 0 Å². The highest BCUT2D eigenvalue weighted by Crippen LogP contribution is 2.34. The van der Waals surface area contributed by atoms with Crippen molar-refractivity contribution in [3.63, 3.8) is 0 Å². The van der Waals surface area contributed by atoms with E-state index in [0.717, 1.165) is 26.9 Å². The van der Waals surface area contributed by atoms with Crippen molar-refractivity contribution >= 4 is 43.2 Å². The van der Waals surface area contributed by atoms with E-state index < -0.39 is 10.0 Å². The van der Waals surface area contributed by atoms with Crippen LogP contribution in [0.1, 0.15) is 27.0 Å². The van der Waals surface area contributed by atoms with E-state index in [1.165, 1.54) is 4.31 Å². The third-order valence-electron chi connectivity index (χ3n) is 5.08. The number of halogens is 1. The minimum Gasteiger partial charge on any atom is -0.322 e. The molecule has 5 nitrogen and oxygen atoms in total. The van der Waals surface area contributed by atoms with Crippen LogP contribution in [0.3, 0.4) is 0 Å². The number of anilines is 2. The molecule has 7 heteroatoms. The van der Waals surface area contributed by atoms with Crippen molar-refractivity contribution in [2.75, 3.05) is 16.2 Å². The number of carbonyl (C=O) groups excluding carboxylic acids is 1. The van der Waals surface area contributed by atoms with Gasteiger partial charge in [-0.3, -0.25) is 9.10 Å². The van der Waals surface area contributed by atoms with Gasteiger partial charge in [0.05, 0.1) is 10.6 Å². The van der Waals surface area contributed by atoms with Crippen LogP contribution in [0.2, 0.25) is 0 Å². The zero-order chi connectivity index (χ0) is 21.5. The van der Waals surface area contributed by atoms with Crippen molar-refractivity contribution in [1.29, 1.82) is 0 Å². The molecular formula is C23H21BrN2O3S. The number of amides is 1. The summed E-state index contributed by atoms with van der Waals surface area (Å²) >= 11 is 3.33. The second-order valence-electron chi connectivity index (χ2n) is 7.46. The van der Waals surface area contributed by atoms with E-state index in [9.17, 15) is 13.2 Å². The number of hydrogen-bond acceptors (Lipinski definition) is 3. The summed E-state index contributed by atoms with van der Waals surface area (Å²) < 4.78 is 28.4. The molecule has 0 radical (unpaired) electrons. The molecule has 0 saturated carbocycles. The number of aryl methyl sites for hydroxylation is 2. The second kappa shape index (κ2) is 7.89. The van der Waals surface area contributed by atoms with E-state index in [2.05, 4.69) is 21.2 Å². The normalized spacial score (nSPS) is 13.2. The molecule has 0 saturated heterocycles. The minimum atomic E-state index is -3.65. The lowest BCUT2D eigenvalue weighted by atomic mass is 10.1. The minimum absolute atomic E-state index is 0.211. The highest BCUT2D eigenvalue weighted by Gasteiger charge is 2.31. The van der Waals surface area contributed by atoms with Gasteiger partial charge in [-0.25, -0.2) is 8.42 Å². The predicted octanol–water partition coefficient (Wildman–Crippen LogP) is 5.07. The fourth-order valence-electron chi connectivity index (χ4n) is 3.75. The monoisotopic (exact) mass is 484 g/mol. The first-order valence-corrected chi connectivity index (χ1v) is 11.8. The van der Waals surface area contributed by atoms with E-state index >= 15 is 0 Å². The van der Waals surface area contributed by atoms with Crippen LogP contribution in [-0.4, -0.2) is 20.9 Å². The lowest BCUT2D eigenvalue weighted by Crippen LogP contribution is -2.29. The van der Waals surface area contributed by atoms with Gasteiger partial charge in [0.15, 0.2) is 0 Å². The first kappa shape index (κ1) is 20.6. The van der Waals surface area contributed by atoms with Gasteiger partial charge in [-0.1, -0.05) is 22.0 Å². The van der Waals surface area contributed by atoms with Gasteiger partial charge in [0, 0.05) is 22.3 Å². The average Bonchev–Trinajstić information content (AvgIpc) is 3.11. The highest BCUT2D eigenvalue weighted by atomic mass is 79.9. The molecule has 0 bridgehead atoms. The Kier molecular flexibility index (Phi) is 5.42. The van der Waals surface area contributed by atoms with Gasteiger partial charge in [0.1, 0.15) is 0 Å². The van der Waals surface area contributed by atoms with E-state index in [4.69, 9.17) is 0 Å². The van der Waals surface area contributed by atoms with Crippen molar-refractivity contribution in [2.45, 2.75) is 25.2 Å². The summed E-state index contributed by atoms with van der Waals surface area (Å²) in [5, 5.41) is 2.93. The number of nitrogens with one attached hydrogen (secondary N) is 1. The van der Waals surface area contributed by atoms with Crippen molar-refractivity contribution in [3.8, 4) is 0 Å². The molecule has 0 atom stereocenters. The summed E-state index contributed by atoms with van der Waals surface area (Å²) in [6.07, 6.45) is 0.565. The Morgan fingerprint density at radius 3 is 2.30 bits per heavy atom. The van der Waals surface area contributed by atoms with E-state index in [1.54, 1.807) is 42.5 Å². The first-order valence-electron chi connectivity index (χ1n) is 9.55. The maximum absolute atomic E-state index is 13.1. The fourth-order valence-corrected chi connectivity index (χ4v) is 5.51. The van der Waals surface area contributed by atoms with Crippen molar-refractivity contribution in [3.05, 3.63) is 87.4 Å². The zero-order valence-corrected chi connectivity index (χ0v) is 19.0. The highest BCUT2D eigenvalue weighted by molar-refractivity contribution is 9.10. The molecule has 3 aromatic rings. The number of rotatable bonds is 4. The van der Waals surface area contributed by atoms with Gasteiger partial charge in [-0.15, -0.1) is 0 Å². The maximum Gasteiger partial charge on any atom is 0.264 e. The molecular weight excluding hydrogens is 464 g/mol. The van der Waals surface area contributed by atoms with Crippen molar-refractivity contribution in [2.24, 2.45) is 0 Å². The third kappa shape index (κ3) is 4.00. The topological polar surface area (TPSA) is 66.5 Å². The lowest BCUT2D eigenvalue weighted by molar-refractivity contribution is 0.102.